The van der Waals surface area contributed by atoms with Crippen molar-refractivity contribution in [3.63, 3.8) is 0 Å². The number of aromatic nitrogens is 2. The van der Waals surface area contributed by atoms with Crippen LogP contribution in [0.1, 0.15) is 23.7 Å². The van der Waals surface area contributed by atoms with Gasteiger partial charge in [-0.3, -0.25) is 14.7 Å². The lowest BCUT2D eigenvalue weighted by molar-refractivity contribution is -0.113. The molecule has 3 N–H and O–H groups in total. The van der Waals surface area contributed by atoms with Crippen LogP contribution >= 0.6 is 11.8 Å². The van der Waals surface area contributed by atoms with Crippen LogP contribution in [0.5, 0.6) is 5.88 Å². The van der Waals surface area contributed by atoms with E-state index in [4.69, 9.17) is 4.74 Å². The molecule has 2 aromatic heterocycles. The average Bonchev–Trinajstić information content (AvgIpc) is 2.87. The van der Waals surface area contributed by atoms with Crippen LogP contribution in [-0.2, 0) is 11.3 Å². The second kappa shape index (κ2) is 10.4. The third-order valence-electron chi connectivity index (χ3n) is 6.46. The van der Waals surface area contributed by atoms with Gasteiger partial charge in [0.05, 0.1) is 35.7 Å². The minimum Gasteiger partial charge on any atom is -0.481 e. The van der Waals surface area contributed by atoms with Crippen molar-refractivity contribution >= 4 is 34.4 Å². The van der Waals surface area contributed by atoms with Crippen molar-refractivity contribution in [2.45, 2.75) is 36.2 Å². The number of piperidine rings is 1. The Kier molecular flexibility index (Phi) is 7.14. The number of β-amino-alcohol motifs (C(OH)–C–C–N with tert-alkyl or cyclic N) is 1. The van der Waals surface area contributed by atoms with Gasteiger partial charge >= 0.3 is 0 Å². The van der Waals surface area contributed by atoms with Crippen molar-refractivity contribution in [2.24, 2.45) is 0 Å². The number of carbonyl (C=O) groups is 1. The number of anilines is 1. The van der Waals surface area contributed by atoms with Gasteiger partial charge in [-0.1, -0.05) is 6.07 Å². The molecule has 1 amide bonds. The maximum absolute atomic E-state index is 15.0. The summed E-state index contributed by atoms with van der Waals surface area (Å²) in [5.41, 5.74) is 3.74. The number of carbonyl (C=O) groups excluding carboxylic acids is 1. The molecule has 8 nitrogen and oxygen atoms in total. The molecule has 0 bridgehead atoms. The number of hydrogen-bond donors (Lipinski definition) is 3. The zero-order chi connectivity index (χ0) is 24.4. The number of amides is 1. The summed E-state index contributed by atoms with van der Waals surface area (Å²) in [6.07, 6.45) is 0.402. The fraction of sp³-hybridized carbons (Fsp3) is 0.400. The summed E-state index contributed by atoms with van der Waals surface area (Å²) in [6, 6.07) is 11.0. The van der Waals surface area contributed by atoms with E-state index >= 15 is 4.39 Å². The fourth-order valence-corrected chi connectivity index (χ4v) is 5.39. The van der Waals surface area contributed by atoms with E-state index in [-0.39, 0.29) is 18.5 Å². The minimum atomic E-state index is -1.06. The van der Waals surface area contributed by atoms with E-state index in [0.717, 1.165) is 16.1 Å². The first-order valence-corrected chi connectivity index (χ1v) is 12.6. The average molecular weight is 498 g/mol. The lowest BCUT2D eigenvalue weighted by atomic mass is 10.0. The van der Waals surface area contributed by atoms with Gasteiger partial charge in [0.1, 0.15) is 6.17 Å². The topological polar surface area (TPSA) is 99.6 Å². The Bertz CT molecular complexity index is 1230. The summed E-state index contributed by atoms with van der Waals surface area (Å²) in [5, 5.41) is 17.2. The summed E-state index contributed by atoms with van der Waals surface area (Å²) in [4.78, 5) is 23.4. The van der Waals surface area contributed by atoms with Crippen LogP contribution < -0.4 is 15.4 Å². The standard InChI is InChI=1S/C25H28FN5O3S/c1-34-24-5-3-19-25(30-24)16(6-8-27-19)21(32)13-31-9-7-18(17(26)12-31)28-11-15-2-4-22-20(10-15)29-23(33)14-35-22/h2-6,8,10,17-18,21,28,32H,7,9,11-14H2,1H3,(H,29,33)/t17?,18?,21-/m0/s1. The quantitative estimate of drug-likeness (QED) is 0.458. The third-order valence-corrected chi connectivity index (χ3v) is 7.53. The van der Waals surface area contributed by atoms with Crippen LogP contribution in [0.2, 0.25) is 0 Å². The largest absolute Gasteiger partial charge is 0.481 e. The van der Waals surface area contributed by atoms with Gasteiger partial charge in [-0.05, 0) is 42.8 Å². The number of nitrogens with zero attached hydrogens (tertiary/aromatic N) is 3. The lowest BCUT2D eigenvalue weighted by Crippen LogP contribution is -2.51. The van der Waals surface area contributed by atoms with Gasteiger partial charge in [-0.15, -0.1) is 11.8 Å². The van der Waals surface area contributed by atoms with E-state index in [2.05, 4.69) is 20.6 Å². The highest BCUT2D eigenvalue weighted by molar-refractivity contribution is 8.00. The first-order valence-electron chi connectivity index (χ1n) is 11.6. The summed E-state index contributed by atoms with van der Waals surface area (Å²) in [7, 11) is 1.54. The molecule has 35 heavy (non-hydrogen) atoms. The monoisotopic (exact) mass is 497 g/mol. The number of ether oxygens (including phenoxy) is 1. The molecular weight excluding hydrogens is 469 g/mol. The van der Waals surface area contributed by atoms with Crippen LogP contribution in [0.15, 0.2) is 47.5 Å². The number of hydrogen-bond acceptors (Lipinski definition) is 8. The maximum atomic E-state index is 15.0. The number of benzene rings is 1. The Hall–Kier alpha value is -2.79. The van der Waals surface area contributed by atoms with Crippen LogP contribution in [0.4, 0.5) is 10.1 Å². The number of thioether (sulfide) groups is 1. The number of halogens is 1. The molecule has 1 fully saturated rings. The van der Waals surface area contributed by atoms with Crippen molar-refractivity contribution in [3.8, 4) is 5.88 Å². The van der Waals surface area contributed by atoms with E-state index in [0.29, 0.717) is 54.3 Å². The Morgan fingerprint density at radius 1 is 1.34 bits per heavy atom. The first kappa shape index (κ1) is 23.9. The van der Waals surface area contributed by atoms with Crippen LogP contribution in [-0.4, -0.2) is 70.6 Å². The van der Waals surface area contributed by atoms with Gasteiger partial charge in [-0.25, -0.2) is 9.37 Å². The fourth-order valence-electron chi connectivity index (χ4n) is 4.61. The molecule has 5 rings (SSSR count). The second-order valence-electron chi connectivity index (χ2n) is 8.86. The number of fused-ring (bicyclic) bond motifs is 2. The molecule has 10 heteroatoms. The molecule has 0 radical (unpaired) electrons. The highest BCUT2D eigenvalue weighted by atomic mass is 32.2. The number of pyridine rings is 2. The highest BCUT2D eigenvalue weighted by Gasteiger charge is 2.30. The Balaban J connectivity index is 1.17. The van der Waals surface area contributed by atoms with Gasteiger partial charge in [-0.2, -0.15) is 0 Å². The first-order chi connectivity index (χ1) is 17.0. The molecule has 1 aromatic carbocycles. The molecular formula is C25H28FN5O3S. The summed E-state index contributed by atoms with van der Waals surface area (Å²) < 4.78 is 20.3. The van der Waals surface area contributed by atoms with E-state index in [1.807, 2.05) is 29.2 Å². The van der Waals surface area contributed by atoms with Crippen molar-refractivity contribution in [3.05, 3.63) is 53.7 Å². The molecule has 3 aromatic rings. The van der Waals surface area contributed by atoms with Crippen molar-refractivity contribution in [1.82, 2.24) is 20.2 Å². The normalized spacial score (nSPS) is 21.4. The predicted octanol–water partition coefficient (Wildman–Crippen LogP) is 2.92. The van der Waals surface area contributed by atoms with E-state index < -0.39 is 12.3 Å². The van der Waals surface area contributed by atoms with Gasteiger partial charge < -0.3 is 20.5 Å². The van der Waals surface area contributed by atoms with Crippen LogP contribution in [0, 0.1) is 0 Å². The summed E-state index contributed by atoms with van der Waals surface area (Å²) in [5.74, 6) is 0.888. The van der Waals surface area contributed by atoms with Gasteiger partial charge in [0.2, 0.25) is 11.8 Å². The number of rotatable bonds is 7. The molecule has 3 atom stereocenters. The van der Waals surface area contributed by atoms with Crippen LogP contribution in [0.3, 0.4) is 0 Å². The molecule has 1 saturated heterocycles. The minimum absolute atomic E-state index is 0.000623. The third kappa shape index (κ3) is 5.40. The summed E-state index contributed by atoms with van der Waals surface area (Å²) >= 11 is 1.53. The van der Waals surface area contributed by atoms with Crippen molar-refractivity contribution in [2.75, 3.05) is 37.8 Å². The zero-order valence-electron chi connectivity index (χ0n) is 19.4. The predicted molar refractivity (Wildman–Crippen MR) is 133 cm³/mol. The SMILES string of the molecule is COc1ccc2nccc([C@@H](O)CN3CCC(NCc4ccc5c(c4)NC(=O)CS5)C(F)C3)c2n1. The molecule has 0 aliphatic carbocycles. The van der Waals surface area contributed by atoms with Gasteiger partial charge in [0, 0.05) is 48.4 Å². The lowest BCUT2D eigenvalue weighted by Gasteiger charge is -2.36. The summed E-state index contributed by atoms with van der Waals surface area (Å²) in [6.45, 7) is 1.75. The molecule has 4 heterocycles. The number of aliphatic hydroxyl groups is 1. The molecule has 2 unspecified atom stereocenters. The molecule has 2 aliphatic heterocycles. The molecule has 0 saturated carbocycles. The Morgan fingerprint density at radius 2 is 2.23 bits per heavy atom. The van der Waals surface area contributed by atoms with Crippen molar-refractivity contribution in [1.29, 1.82) is 0 Å². The van der Waals surface area contributed by atoms with E-state index in [1.54, 1.807) is 25.4 Å². The Labute approximate surface area is 207 Å². The number of nitrogens with one attached hydrogen (secondary N) is 2. The van der Waals surface area contributed by atoms with Crippen molar-refractivity contribution < 1.29 is 19.0 Å². The number of aliphatic hydroxyl groups excluding tert-OH is 1. The highest BCUT2D eigenvalue weighted by Crippen LogP contribution is 2.32. The Morgan fingerprint density at radius 3 is 3.06 bits per heavy atom. The molecule has 184 valence electrons. The molecule has 2 aliphatic rings. The maximum Gasteiger partial charge on any atom is 0.234 e. The molecule has 0 spiro atoms. The van der Waals surface area contributed by atoms with E-state index in [1.165, 1.54) is 11.8 Å². The van der Waals surface area contributed by atoms with Crippen LogP contribution in [0.25, 0.3) is 11.0 Å². The second-order valence-corrected chi connectivity index (χ2v) is 9.87. The number of methoxy groups -OCH3 is 1. The number of likely N-dealkylation sites (tertiary alicyclic amines) is 1. The zero-order valence-corrected chi connectivity index (χ0v) is 20.2. The smallest absolute Gasteiger partial charge is 0.234 e. The van der Waals surface area contributed by atoms with Gasteiger partial charge in [0.15, 0.2) is 0 Å². The van der Waals surface area contributed by atoms with E-state index in [9.17, 15) is 9.90 Å². The number of alkyl halides is 1. The van der Waals surface area contributed by atoms with Gasteiger partial charge in [0.25, 0.3) is 0 Å².